The molecule has 4 aromatic rings. The molecule has 132 valence electrons. The first-order chi connectivity index (χ1) is 12.6. The molecule has 0 N–H and O–H groups in total. The zero-order chi connectivity index (χ0) is 18.1. The fraction of sp³-hybridized carbons (Fsp3) is 0.250. The predicted octanol–water partition coefficient (Wildman–Crippen LogP) is 3.99. The Hall–Kier alpha value is -2.73. The molecular weight excluding hydrogens is 344 g/mol. The number of rotatable bonds is 5. The average molecular weight is 364 g/mol. The molecule has 0 bridgehead atoms. The van der Waals surface area contributed by atoms with Gasteiger partial charge in [-0.05, 0) is 48.2 Å². The van der Waals surface area contributed by atoms with Gasteiger partial charge < -0.3 is 4.74 Å². The van der Waals surface area contributed by atoms with E-state index in [4.69, 9.17) is 9.84 Å². The lowest BCUT2D eigenvalue weighted by atomic mass is 10.0. The van der Waals surface area contributed by atoms with Crippen LogP contribution in [0.5, 0.6) is 5.75 Å². The summed E-state index contributed by atoms with van der Waals surface area (Å²) >= 11 is 1.60. The number of hydrogen-bond donors (Lipinski definition) is 0. The molecule has 5 nitrogen and oxygen atoms in total. The van der Waals surface area contributed by atoms with Crippen molar-refractivity contribution >= 4 is 16.3 Å². The van der Waals surface area contributed by atoms with Crippen LogP contribution in [0.25, 0.3) is 4.96 Å². The van der Waals surface area contributed by atoms with Gasteiger partial charge >= 0.3 is 0 Å². The van der Waals surface area contributed by atoms with Crippen LogP contribution in [-0.2, 0) is 12.8 Å². The molecule has 0 aliphatic rings. The highest BCUT2D eigenvalue weighted by atomic mass is 32.1. The minimum Gasteiger partial charge on any atom is -0.497 e. The number of nitrogens with zero attached hydrogens (tertiary/aromatic N) is 4. The van der Waals surface area contributed by atoms with Crippen LogP contribution in [-0.4, -0.2) is 26.9 Å². The van der Waals surface area contributed by atoms with Gasteiger partial charge in [0.05, 0.1) is 7.11 Å². The first kappa shape index (κ1) is 16.7. The molecular formula is C20H20N4OS. The Morgan fingerprint density at radius 3 is 2.42 bits per heavy atom. The monoisotopic (exact) mass is 364 g/mol. The van der Waals surface area contributed by atoms with E-state index in [1.807, 2.05) is 28.8 Å². The second-order valence-electron chi connectivity index (χ2n) is 6.43. The van der Waals surface area contributed by atoms with E-state index in [2.05, 4.69) is 42.2 Å². The third kappa shape index (κ3) is 3.32. The molecule has 6 heteroatoms. The lowest BCUT2D eigenvalue weighted by Crippen LogP contribution is -1.99. The first-order valence-corrected chi connectivity index (χ1v) is 9.33. The van der Waals surface area contributed by atoms with Crippen molar-refractivity contribution in [3.63, 3.8) is 0 Å². The van der Waals surface area contributed by atoms with E-state index in [1.54, 1.807) is 18.4 Å². The van der Waals surface area contributed by atoms with Crippen molar-refractivity contribution in [2.45, 2.75) is 26.7 Å². The van der Waals surface area contributed by atoms with Crippen LogP contribution in [0.15, 0.2) is 42.5 Å². The summed E-state index contributed by atoms with van der Waals surface area (Å²) in [5.74, 6) is 1.71. The zero-order valence-electron chi connectivity index (χ0n) is 15.1. The number of methoxy groups -OCH3 is 1. The number of benzene rings is 2. The molecule has 0 saturated heterocycles. The number of aryl methyl sites for hydroxylation is 2. The first-order valence-electron chi connectivity index (χ1n) is 8.51. The van der Waals surface area contributed by atoms with Crippen LogP contribution in [0, 0.1) is 13.8 Å². The van der Waals surface area contributed by atoms with E-state index in [1.165, 1.54) is 16.7 Å². The minimum atomic E-state index is 0.692. The van der Waals surface area contributed by atoms with Gasteiger partial charge in [-0.1, -0.05) is 41.7 Å². The van der Waals surface area contributed by atoms with Gasteiger partial charge in [-0.15, -0.1) is 10.2 Å². The molecule has 0 spiro atoms. The van der Waals surface area contributed by atoms with Crippen LogP contribution in [0.2, 0.25) is 0 Å². The largest absolute Gasteiger partial charge is 0.497 e. The molecule has 0 aliphatic heterocycles. The van der Waals surface area contributed by atoms with Crippen LogP contribution in [0.4, 0.5) is 0 Å². The van der Waals surface area contributed by atoms with Crippen LogP contribution in [0.1, 0.15) is 33.1 Å². The molecule has 0 atom stereocenters. The Labute approximate surface area is 156 Å². The van der Waals surface area contributed by atoms with E-state index in [0.29, 0.717) is 6.42 Å². The standard InChI is InChI=1S/C20H20N4OS/c1-13-4-5-16(10-14(13)2)12-19-23-24-18(21-22-20(24)26-19)11-15-6-8-17(25-3)9-7-15/h4-10H,11-12H2,1-3H3. The molecule has 0 unspecified atom stereocenters. The minimum absolute atomic E-state index is 0.692. The summed E-state index contributed by atoms with van der Waals surface area (Å²) in [5.41, 5.74) is 5.05. The maximum atomic E-state index is 5.21. The van der Waals surface area contributed by atoms with Crippen molar-refractivity contribution in [1.29, 1.82) is 0 Å². The normalized spacial score (nSPS) is 11.2. The summed E-state index contributed by atoms with van der Waals surface area (Å²) in [6.07, 6.45) is 1.51. The number of fused-ring (bicyclic) bond motifs is 1. The van der Waals surface area contributed by atoms with Crippen molar-refractivity contribution in [3.8, 4) is 5.75 Å². The Balaban J connectivity index is 1.56. The lowest BCUT2D eigenvalue weighted by Gasteiger charge is -2.03. The maximum Gasteiger partial charge on any atom is 0.234 e. The molecule has 0 radical (unpaired) electrons. The Morgan fingerprint density at radius 2 is 1.69 bits per heavy atom. The zero-order valence-corrected chi connectivity index (χ0v) is 15.9. The Morgan fingerprint density at radius 1 is 0.923 bits per heavy atom. The van der Waals surface area contributed by atoms with Crippen molar-refractivity contribution in [2.75, 3.05) is 7.11 Å². The molecule has 2 heterocycles. The topological polar surface area (TPSA) is 52.3 Å². The second kappa shape index (κ2) is 6.88. The molecule has 26 heavy (non-hydrogen) atoms. The lowest BCUT2D eigenvalue weighted by molar-refractivity contribution is 0.414. The van der Waals surface area contributed by atoms with E-state index in [-0.39, 0.29) is 0 Å². The van der Waals surface area contributed by atoms with Crippen molar-refractivity contribution in [2.24, 2.45) is 0 Å². The summed E-state index contributed by atoms with van der Waals surface area (Å²) in [5, 5.41) is 14.4. The highest BCUT2D eigenvalue weighted by Crippen LogP contribution is 2.21. The van der Waals surface area contributed by atoms with Crippen LogP contribution < -0.4 is 4.74 Å². The highest BCUT2D eigenvalue weighted by Gasteiger charge is 2.13. The van der Waals surface area contributed by atoms with Gasteiger partial charge in [0, 0.05) is 12.8 Å². The Bertz CT molecular complexity index is 1050. The van der Waals surface area contributed by atoms with Crippen LogP contribution >= 0.6 is 11.3 Å². The third-order valence-corrected chi connectivity index (χ3v) is 5.44. The SMILES string of the molecule is COc1ccc(Cc2nnc3sc(Cc4ccc(C)c(C)c4)nn23)cc1. The molecule has 2 aromatic carbocycles. The molecule has 0 fully saturated rings. The van der Waals surface area contributed by atoms with Gasteiger partial charge in [-0.25, -0.2) is 0 Å². The fourth-order valence-electron chi connectivity index (χ4n) is 2.89. The van der Waals surface area contributed by atoms with E-state index >= 15 is 0 Å². The summed E-state index contributed by atoms with van der Waals surface area (Å²) in [6.45, 7) is 4.28. The van der Waals surface area contributed by atoms with E-state index in [0.717, 1.165) is 33.5 Å². The maximum absolute atomic E-state index is 5.21. The van der Waals surface area contributed by atoms with Crippen molar-refractivity contribution < 1.29 is 4.74 Å². The number of ether oxygens (including phenoxy) is 1. The smallest absolute Gasteiger partial charge is 0.234 e. The predicted molar refractivity (Wildman–Crippen MR) is 103 cm³/mol. The summed E-state index contributed by atoms with van der Waals surface area (Å²) < 4.78 is 7.07. The highest BCUT2D eigenvalue weighted by molar-refractivity contribution is 7.16. The second-order valence-corrected chi connectivity index (χ2v) is 7.47. The van der Waals surface area contributed by atoms with Gasteiger partial charge in [0.1, 0.15) is 10.8 Å². The molecule has 4 rings (SSSR count). The van der Waals surface area contributed by atoms with E-state index in [9.17, 15) is 0 Å². The number of aromatic nitrogens is 4. The van der Waals surface area contributed by atoms with Crippen molar-refractivity contribution in [1.82, 2.24) is 19.8 Å². The van der Waals surface area contributed by atoms with Gasteiger partial charge in [0.15, 0.2) is 5.82 Å². The molecule has 0 amide bonds. The van der Waals surface area contributed by atoms with Gasteiger partial charge in [-0.2, -0.15) is 9.61 Å². The van der Waals surface area contributed by atoms with Crippen molar-refractivity contribution in [3.05, 3.63) is 75.6 Å². The van der Waals surface area contributed by atoms with Gasteiger partial charge in [-0.3, -0.25) is 0 Å². The van der Waals surface area contributed by atoms with Gasteiger partial charge in [0.2, 0.25) is 4.96 Å². The Kier molecular flexibility index (Phi) is 4.42. The molecule has 2 aromatic heterocycles. The van der Waals surface area contributed by atoms with E-state index < -0.39 is 0 Å². The summed E-state index contributed by atoms with van der Waals surface area (Å²) in [7, 11) is 1.67. The average Bonchev–Trinajstić information content (AvgIpc) is 3.20. The summed E-state index contributed by atoms with van der Waals surface area (Å²) in [6, 6.07) is 14.6. The third-order valence-electron chi connectivity index (χ3n) is 4.55. The quantitative estimate of drug-likeness (QED) is 0.537. The number of hydrogen-bond acceptors (Lipinski definition) is 5. The summed E-state index contributed by atoms with van der Waals surface area (Å²) in [4.78, 5) is 0.840. The van der Waals surface area contributed by atoms with Gasteiger partial charge in [0.25, 0.3) is 0 Å². The molecule has 0 aliphatic carbocycles. The van der Waals surface area contributed by atoms with Crippen LogP contribution in [0.3, 0.4) is 0 Å². The molecule has 0 saturated carbocycles. The fourth-order valence-corrected chi connectivity index (χ4v) is 3.78.